The molecule has 1 aromatic rings. The topological polar surface area (TPSA) is 34.9 Å². The Bertz CT molecular complexity index is 367. The summed E-state index contributed by atoms with van der Waals surface area (Å²) in [5.74, 6) is 1.01. The van der Waals surface area contributed by atoms with E-state index in [1.54, 1.807) is 11.8 Å². The Labute approximate surface area is 96.4 Å². The molecule has 0 atom stereocenters. The first-order valence-corrected chi connectivity index (χ1v) is 6.21. The number of thioether (sulfide) groups is 1. The minimum Gasteiger partial charge on any atom is -0.298 e. The molecule has 0 spiro atoms. The third-order valence-electron chi connectivity index (χ3n) is 1.69. The van der Waals surface area contributed by atoms with Gasteiger partial charge in [0.2, 0.25) is 0 Å². The van der Waals surface area contributed by atoms with E-state index in [1.165, 1.54) is 10.9 Å². The molecule has 0 amide bonds. The Kier molecular flexibility index (Phi) is 4.78. The van der Waals surface area contributed by atoms with E-state index in [4.69, 9.17) is 23.2 Å². The Balaban J connectivity index is 2.79. The second-order valence-corrected chi connectivity index (χ2v) is 4.42. The molecule has 0 fully saturated rings. The van der Waals surface area contributed by atoms with Crippen molar-refractivity contribution in [1.82, 2.24) is 9.55 Å². The fourth-order valence-corrected chi connectivity index (χ4v) is 1.68. The maximum Gasteiger partial charge on any atom is 0.273 e. The van der Waals surface area contributed by atoms with Gasteiger partial charge in [-0.1, -0.05) is 23.2 Å². The molecule has 3 nitrogen and oxygen atoms in total. The summed E-state index contributed by atoms with van der Waals surface area (Å²) in [4.78, 5) is 15.3. The summed E-state index contributed by atoms with van der Waals surface area (Å²) in [5, 5.41) is 0.0658. The van der Waals surface area contributed by atoms with Gasteiger partial charge in [-0.25, -0.2) is 4.98 Å². The summed E-state index contributed by atoms with van der Waals surface area (Å²) in [5.41, 5.74) is -0.271. The number of hydrogen-bond donors (Lipinski definition) is 0. The fraction of sp³-hybridized carbons (Fsp3) is 0.500. The standard InChI is InChI=1S/C8H10Cl2N2OS/c1-14-4-2-3-12-5-11-7(10)6(9)8(12)13/h5H,2-4H2,1H3. The first-order chi connectivity index (χ1) is 6.66. The SMILES string of the molecule is CSCCCn1cnc(Cl)c(Cl)c1=O. The van der Waals surface area contributed by atoms with Crippen LogP contribution < -0.4 is 5.56 Å². The first kappa shape index (κ1) is 11.9. The highest BCUT2D eigenvalue weighted by atomic mass is 35.5. The molecule has 0 aliphatic carbocycles. The van der Waals surface area contributed by atoms with E-state index in [1.807, 2.05) is 6.26 Å². The van der Waals surface area contributed by atoms with Crippen LogP contribution in [0, 0.1) is 0 Å². The molecule has 0 bridgehead atoms. The van der Waals surface area contributed by atoms with Crippen molar-refractivity contribution in [3.8, 4) is 0 Å². The van der Waals surface area contributed by atoms with Crippen LogP contribution in [0.5, 0.6) is 0 Å². The number of hydrogen-bond acceptors (Lipinski definition) is 3. The van der Waals surface area contributed by atoms with Crippen LogP contribution in [0.3, 0.4) is 0 Å². The van der Waals surface area contributed by atoms with Crippen LogP contribution in [0.25, 0.3) is 0 Å². The lowest BCUT2D eigenvalue weighted by atomic mass is 10.4. The lowest BCUT2D eigenvalue weighted by Gasteiger charge is -2.04. The van der Waals surface area contributed by atoms with Gasteiger partial charge in [0.15, 0.2) is 5.15 Å². The van der Waals surface area contributed by atoms with Gasteiger partial charge in [0.05, 0.1) is 6.33 Å². The molecule has 1 rings (SSSR count). The van der Waals surface area contributed by atoms with Crippen molar-refractivity contribution in [2.24, 2.45) is 0 Å². The van der Waals surface area contributed by atoms with Crippen LogP contribution >= 0.6 is 35.0 Å². The third kappa shape index (κ3) is 2.90. The Morgan fingerprint density at radius 3 is 2.93 bits per heavy atom. The molecule has 0 aliphatic heterocycles. The van der Waals surface area contributed by atoms with Gasteiger partial charge in [0, 0.05) is 6.54 Å². The number of halogens is 2. The number of nitrogens with zero attached hydrogens (tertiary/aromatic N) is 2. The first-order valence-electron chi connectivity index (χ1n) is 4.06. The summed E-state index contributed by atoms with van der Waals surface area (Å²) in [6.45, 7) is 0.629. The second-order valence-electron chi connectivity index (χ2n) is 2.69. The van der Waals surface area contributed by atoms with Gasteiger partial charge in [-0.2, -0.15) is 11.8 Å². The summed E-state index contributed by atoms with van der Waals surface area (Å²) in [6.07, 6.45) is 4.37. The van der Waals surface area contributed by atoms with Gasteiger partial charge in [0.1, 0.15) is 5.02 Å². The fourth-order valence-electron chi connectivity index (χ4n) is 0.982. The van der Waals surface area contributed by atoms with Crippen LogP contribution in [0.15, 0.2) is 11.1 Å². The predicted octanol–water partition coefficient (Wildman–Crippen LogP) is 2.30. The highest BCUT2D eigenvalue weighted by molar-refractivity contribution is 7.98. The molecule has 0 saturated carbocycles. The number of aromatic nitrogens is 2. The molecule has 0 unspecified atom stereocenters. The van der Waals surface area contributed by atoms with Crippen molar-refractivity contribution in [1.29, 1.82) is 0 Å². The normalized spacial score (nSPS) is 10.5. The van der Waals surface area contributed by atoms with Crippen molar-refractivity contribution in [3.63, 3.8) is 0 Å². The Hall–Kier alpha value is -0.190. The summed E-state index contributed by atoms with van der Waals surface area (Å²) in [6, 6.07) is 0. The Morgan fingerprint density at radius 1 is 1.57 bits per heavy atom. The van der Waals surface area contributed by atoms with Crippen LogP contribution in [0.4, 0.5) is 0 Å². The number of aryl methyl sites for hydroxylation is 1. The van der Waals surface area contributed by atoms with E-state index in [9.17, 15) is 4.79 Å². The lowest BCUT2D eigenvalue weighted by molar-refractivity contribution is 0.645. The van der Waals surface area contributed by atoms with Crippen LogP contribution in [-0.4, -0.2) is 21.6 Å². The average molecular weight is 253 g/mol. The van der Waals surface area contributed by atoms with Gasteiger partial charge < -0.3 is 0 Å². The van der Waals surface area contributed by atoms with Crippen molar-refractivity contribution in [2.45, 2.75) is 13.0 Å². The van der Waals surface area contributed by atoms with E-state index in [0.717, 1.165) is 12.2 Å². The zero-order valence-electron chi connectivity index (χ0n) is 7.67. The molecule has 0 radical (unpaired) electrons. The van der Waals surface area contributed by atoms with E-state index < -0.39 is 0 Å². The zero-order chi connectivity index (χ0) is 10.6. The van der Waals surface area contributed by atoms with Gasteiger partial charge >= 0.3 is 0 Å². The van der Waals surface area contributed by atoms with Gasteiger partial charge in [0.25, 0.3) is 5.56 Å². The molecular formula is C8H10Cl2N2OS. The molecule has 0 saturated heterocycles. The monoisotopic (exact) mass is 252 g/mol. The molecule has 1 heterocycles. The van der Waals surface area contributed by atoms with Gasteiger partial charge in [-0.15, -0.1) is 0 Å². The van der Waals surface area contributed by atoms with Gasteiger partial charge in [-0.3, -0.25) is 9.36 Å². The maximum atomic E-state index is 11.5. The summed E-state index contributed by atoms with van der Waals surface area (Å²) in [7, 11) is 0. The van der Waals surface area contributed by atoms with Gasteiger partial charge in [-0.05, 0) is 18.4 Å². The minimum absolute atomic E-state index is 0.00156. The molecule has 1 aromatic heterocycles. The van der Waals surface area contributed by atoms with Crippen molar-refractivity contribution in [3.05, 3.63) is 26.9 Å². The Morgan fingerprint density at radius 2 is 2.29 bits per heavy atom. The van der Waals surface area contributed by atoms with Crippen molar-refractivity contribution >= 4 is 35.0 Å². The average Bonchev–Trinajstić information content (AvgIpc) is 2.18. The molecule has 14 heavy (non-hydrogen) atoms. The molecule has 0 aromatic carbocycles. The second kappa shape index (κ2) is 5.63. The van der Waals surface area contributed by atoms with Crippen molar-refractivity contribution in [2.75, 3.05) is 12.0 Å². The molecule has 6 heteroatoms. The maximum absolute atomic E-state index is 11.5. The van der Waals surface area contributed by atoms with Crippen molar-refractivity contribution < 1.29 is 0 Å². The number of rotatable bonds is 4. The summed E-state index contributed by atoms with van der Waals surface area (Å²) < 4.78 is 1.48. The molecular weight excluding hydrogens is 243 g/mol. The molecule has 0 N–H and O–H groups in total. The quantitative estimate of drug-likeness (QED) is 0.610. The summed E-state index contributed by atoms with van der Waals surface area (Å²) >= 11 is 13.0. The highest BCUT2D eigenvalue weighted by Gasteiger charge is 2.06. The van der Waals surface area contributed by atoms with Crippen LogP contribution in [-0.2, 0) is 6.54 Å². The van der Waals surface area contributed by atoms with E-state index in [2.05, 4.69) is 4.98 Å². The molecule has 0 aliphatic rings. The smallest absolute Gasteiger partial charge is 0.273 e. The van der Waals surface area contributed by atoms with E-state index >= 15 is 0 Å². The van der Waals surface area contributed by atoms with Crippen LogP contribution in [0.2, 0.25) is 10.2 Å². The molecule has 78 valence electrons. The minimum atomic E-state index is -0.271. The van der Waals surface area contributed by atoms with E-state index in [-0.39, 0.29) is 15.7 Å². The highest BCUT2D eigenvalue weighted by Crippen LogP contribution is 2.12. The third-order valence-corrected chi connectivity index (χ3v) is 3.11. The lowest BCUT2D eigenvalue weighted by Crippen LogP contribution is -2.21. The predicted molar refractivity (Wildman–Crippen MR) is 61.5 cm³/mol. The zero-order valence-corrected chi connectivity index (χ0v) is 9.99. The van der Waals surface area contributed by atoms with Crippen LogP contribution in [0.1, 0.15) is 6.42 Å². The largest absolute Gasteiger partial charge is 0.298 e. The van der Waals surface area contributed by atoms with E-state index in [0.29, 0.717) is 6.54 Å².